The summed E-state index contributed by atoms with van der Waals surface area (Å²) in [5, 5.41) is 0. The highest BCUT2D eigenvalue weighted by atomic mass is 16.5. The molecule has 0 aliphatic rings. The number of methoxy groups -OCH3 is 2. The second kappa shape index (κ2) is 5.48. The van der Waals surface area contributed by atoms with Gasteiger partial charge in [-0.1, -0.05) is 6.92 Å². The molecule has 0 atom stereocenters. The Balaban J connectivity index is 2.52. The molecule has 0 saturated heterocycles. The van der Waals surface area contributed by atoms with Gasteiger partial charge in [-0.2, -0.15) is 0 Å². The molecule has 0 radical (unpaired) electrons. The van der Waals surface area contributed by atoms with Gasteiger partial charge in [0.15, 0.2) is 0 Å². The Kier molecular flexibility index (Phi) is 3.64. The Labute approximate surface area is 129 Å². The molecule has 116 valence electrons. The zero-order valence-corrected chi connectivity index (χ0v) is 13.7. The van der Waals surface area contributed by atoms with Crippen LogP contribution in [0.5, 0.6) is 11.5 Å². The molecule has 22 heavy (non-hydrogen) atoms. The molecular weight excluding hydrogens is 278 g/mol. The predicted octanol–water partition coefficient (Wildman–Crippen LogP) is 3.47. The molecule has 3 rings (SSSR count). The summed E-state index contributed by atoms with van der Waals surface area (Å²) in [5.41, 5.74) is 4.86. The number of benzene rings is 1. The van der Waals surface area contributed by atoms with Crippen molar-refractivity contribution >= 4 is 16.6 Å². The first kappa shape index (κ1) is 14.6. The van der Waals surface area contributed by atoms with Gasteiger partial charge in [0.05, 0.1) is 36.6 Å². The lowest BCUT2D eigenvalue weighted by Gasteiger charge is -2.12. The van der Waals surface area contributed by atoms with E-state index in [0.717, 1.165) is 52.4 Å². The van der Waals surface area contributed by atoms with Gasteiger partial charge in [-0.15, -0.1) is 0 Å². The smallest absolute Gasteiger partial charge is 0.150 e. The molecule has 2 aromatic heterocycles. The van der Waals surface area contributed by atoms with Crippen LogP contribution in [-0.2, 0) is 6.42 Å². The maximum absolute atomic E-state index is 5.50. The first-order valence-corrected chi connectivity index (χ1v) is 7.51. The van der Waals surface area contributed by atoms with E-state index in [-0.39, 0.29) is 0 Å². The molecule has 0 fully saturated rings. The lowest BCUT2D eigenvalue weighted by atomic mass is 10.2. The fourth-order valence-corrected chi connectivity index (χ4v) is 3.01. The van der Waals surface area contributed by atoms with Crippen molar-refractivity contribution in [1.29, 1.82) is 0 Å². The topological polar surface area (TPSA) is 48.7 Å². The molecule has 0 unspecified atom stereocenters. The van der Waals surface area contributed by atoms with Crippen LogP contribution in [0.25, 0.3) is 16.6 Å². The molecule has 1 aromatic carbocycles. The Hall–Kier alpha value is -2.30. The van der Waals surface area contributed by atoms with Gasteiger partial charge in [-0.3, -0.25) is 4.40 Å². The lowest BCUT2D eigenvalue weighted by molar-refractivity contribution is 0.397. The Morgan fingerprint density at radius 2 is 1.77 bits per heavy atom. The molecule has 5 heteroatoms. The minimum atomic E-state index is 0.716. The van der Waals surface area contributed by atoms with Crippen molar-refractivity contribution in [1.82, 2.24) is 14.4 Å². The van der Waals surface area contributed by atoms with E-state index in [0.29, 0.717) is 5.75 Å². The highest BCUT2D eigenvalue weighted by Gasteiger charge is 2.17. The summed E-state index contributed by atoms with van der Waals surface area (Å²) >= 11 is 0. The summed E-state index contributed by atoms with van der Waals surface area (Å²) in [4.78, 5) is 9.49. The number of nitrogens with zero attached hydrogens (tertiary/aromatic N) is 3. The van der Waals surface area contributed by atoms with Crippen molar-refractivity contribution in [3.8, 4) is 11.5 Å². The van der Waals surface area contributed by atoms with E-state index in [4.69, 9.17) is 19.4 Å². The summed E-state index contributed by atoms with van der Waals surface area (Å²) in [5.74, 6) is 2.53. The fourth-order valence-electron chi connectivity index (χ4n) is 3.01. The molecule has 0 saturated carbocycles. The van der Waals surface area contributed by atoms with Crippen molar-refractivity contribution in [2.24, 2.45) is 0 Å². The number of hydrogen-bond donors (Lipinski definition) is 0. The fraction of sp³-hybridized carbons (Fsp3) is 0.412. The molecule has 0 N–H and O–H groups in total. The highest BCUT2D eigenvalue weighted by molar-refractivity contribution is 5.87. The first-order chi connectivity index (χ1) is 10.6. The second-order valence-electron chi connectivity index (χ2n) is 5.44. The van der Waals surface area contributed by atoms with E-state index in [1.807, 2.05) is 26.0 Å². The van der Waals surface area contributed by atoms with Crippen LogP contribution in [0.2, 0.25) is 0 Å². The number of imidazole rings is 1. The Bertz CT molecular complexity index is 852. The summed E-state index contributed by atoms with van der Waals surface area (Å²) < 4.78 is 13.1. The van der Waals surface area contributed by atoms with Gasteiger partial charge in [0, 0.05) is 18.6 Å². The van der Waals surface area contributed by atoms with Crippen LogP contribution < -0.4 is 9.47 Å². The van der Waals surface area contributed by atoms with E-state index >= 15 is 0 Å². The predicted molar refractivity (Wildman–Crippen MR) is 87.1 cm³/mol. The van der Waals surface area contributed by atoms with E-state index in [1.165, 1.54) is 0 Å². The van der Waals surface area contributed by atoms with Crippen molar-refractivity contribution in [3.05, 3.63) is 29.3 Å². The van der Waals surface area contributed by atoms with Gasteiger partial charge in [0.2, 0.25) is 0 Å². The van der Waals surface area contributed by atoms with Gasteiger partial charge < -0.3 is 9.47 Å². The minimum absolute atomic E-state index is 0.716. The molecular formula is C17H21N3O2. The molecule has 0 spiro atoms. The summed E-state index contributed by atoms with van der Waals surface area (Å²) in [6.07, 6.45) is 1.97. The highest BCUT2D eigenvalue weighted by Crippen LogP contribution is 2.32. The zero-order chi connectivity index (χ0) is 15.9. The molecule has 2 heterocycles. The van der Waals surface area contributed by atoms with Gasteiger partial charge in [-0.25, -0.2) is 9.97 Å². The monoisotopic (exact) mass is 299 g/mol. The number of fused-ring (bicyclic) bond motifs is 3. The zero-order valence-electron chi connectivity index (χ0n) is 13.7. The van der Waals surface area contributed by atoms with E-state index < -0.39 is 0 Å². The van der Waals surface area contributed by atoms with Gasteiger partial charge >= 0.3 is 0 Å². The molecule has 3 aromatic rings. The molecule has 0 bridgehead atoms. The van der Waals surface area contributed by atoms with Crippen molar-refractivity contribution in [3.63, 3.8) is 0 Å². The maximum atomic E-state index is 5.50. The Morgan fingerprint density at radius 1 is 1.05 bits per heavy atom. The molecule has 5 nitrogen and oxygen atoms in total. The van der Waals surface area contributed by atoms with Crippen molar-refractivity contribution in [2.75, 3.05) is 14.2 Å². The standard InChI is InChI=1S/C17H21N3O2/c1-6-7-15-18-10(2)17-11(3)19-16-13(20(15)17)8-12(21-4)9-14(16)22-5/h8-9H,6-7H2,1-5H3. The van der Waals surface area contributed by atoms with Crippen LogP contribution in [0.15, 0.2) is 12.1 Å². The maximum Gasteiger partial charge on any atom is 0.150 e. The second-order valence-corrected chi connectivity index (χ2v) is 5.44. The summed E-state index contributed by atoms with van der Waals surface area (Å²) in [6.45, 7) is 6.21. The van der Waals surface area contributed by atoms with Crippen LogP contribution in [-0.4, -0.2) is 28.6 Å². The number of ether oxygens (including phenoxy) is 2. The number of hydrogen-bond acceptors (Lipinski definition) is 4. The lowest BCUT2D eigenvalue weighted by Crippen LogP contribution is -2.02. The van der Waals surface area contributed by atoms with Crippen LogP contribution in [0.3, 0.4) is 0 Å². The third-order valence-electron chi connectivity index (χ3n) is 3.94. The molecule has 0 aliphatic carbocycles. The average molecular weight is 299 g/mol. The number of aryl methyl sites for hydroxylation is 3. The Morgan fingerprint density at radius 3 is 2.41 bits per heavy atom. The quantitative estimate of drug-likeness (QED) is 0.740. The molecule has 0 aliphatic heterocycles. The van der Waals surface area contributed by atoms with Crippen molar-refractivity contribution < 1.29 is 9.47 Å². The van der Waals surface area contributed by atoms with Gasteiger partial charge in [0.25, 0.3) is 0 Å². The third-order valence-corrected chi connectivity index (χ3v) is 3.94. The van der Waals surface area contributed by atoms with Crippen LogP contribution in [0.4, 0.5) is 0 Å². The van der Waals surface area contributed by atoms with Crippen LogP contribution in [0.1, 0.15) is 30.6 Å². The largest absolute Gasteiger partial charge is 0.497 e. The van der Waals surface area contributed by atoms with E-state index in [9.17, 15) is 0 Å². The molecule has 0 amide bonds. The van der Waals surface area contributed by atoms with Crippen molar-refractivity contribution in [2.45, 2.75) is 33.6 Å². The summed E-state index contributed by atoms with van der Waals surface area (Å²) in [6, 6.07) is 3.86. The van der Waals surface area contributed by atoms with Gasteiger partial charge in [-0.05, 0) is 20.3 Å². The average Bonchev–Trinajstić information content (AvgIpc) is 2.84. The normalized spacial score (nSPS) is 11.3. The van der Waals surface area contributed by atoms with Gasteiger partial charge in [0.1, 0.15) is 22.8 Å². The van der Waals surface area contributed by atoms with E-state index in [1.54, 1.807) is 14.2 Å². The number of rotatable bonds is 4. The third kappa shape index (κ3) is 2.08. The summed E-state index contributed by atoms with van der Waals surface area (Å²) in [7, 11) is 3.31. The first-order valence-electron chi connectivity index (χ1n) is 7.51. The van der Waals surface area contributed by atoms with E-state index in [2.05, 4.69) is 11.3 Å². The van der Waals surface area contributed by atoms with Crippen LogP contribution >= 0.6 is 0 Å². The number of aromatic nitrogens is 3. The minimum Gasteiger partial charge on any atom is -0.497 e. The SMILES string of the molecule is CCCc1nc(C)c2c(C)nc3c(OC)cc(OC)cc3n12. The van der Waals surface area contributed by atoms with Crippen LogP contribution in [0, 0.1) is 13.8 Å².